The fraction of sp³-hybridized carbons (Fsp3) is 0.241. The van der Waals surface area contributed by atoms with Gasteiger partial charge in [0.15, 0.2) is 11.6 Å². The van der Waals surface area contributed by atoms with E-state index in [1.54, 1.807) is 30.3 Å². The molecule has 12 heteroatoms. The number of halogens is 5. The van der Waals surface area contributed by atoms with Crippen molar-refractivity contribution in [3.8, 4) is 11.5 Å². The van der Waals surface area contributed by atoms with Crippen LogP contribution in [0.3, 0.4) is 0 Å². The second-order valence-electron chi connectivity index (χ2n) is 10.2. The standard InChI is InChI=1S/C29H18BrClF3NO6/c30-20-11-22(37)25-19(26(20)38)10-17-15(23(25)18-9-14(5-8-21(18)36)41-29(32,33)34)6-7-16-24(17)28(40)35(27(16)39)13-3-1-12(31)2-4-13/h1-6,8-9,11,16-17,23-24,36H,7,10H2. The van der Waals surface area contributed by atoms with E-state index < -0.39 is 64.9 Å². The van der Waals surface area contributed by atoms with Crippen molar-refractivity contribution >= 4 is 56.6 Å². The number of amides is 2. The number of fused-ring (bicyclic) bond motifs is 3. The number of carbonyl (C=O) groups is 4. The minimum Gasteiger partial charge on any atom is -0.508 e. The molecule has 2 aromatic carbocycles. The molecule has 1 N–H and O–H groups in total. The van der Waals surface area contributed by atoms with Gasteiger partial charge >= 0.3 is 6.36 Å². The van der Waals surface area contributed by atoms with E-state index >= 15 is 0 Å². The molecule has 7 nitrogen and oxygen atoms in total. The number of phenols is 1. The number of benzene rings is 2. The van der Waals surface area contributed by atoms with Crippen LogP contribution in [-0.4, -0.2) is 34.8 Å². The number of allylic oxidation sites excluding steroid dienone is 6. The largest absolute Gasteiger partial charge is 0.573 e. The molecule has 4 aliphatic rings. The Balaban J connectivity index is 1.49. The fourth-order valence-electron chi connectivity index (χ4n) is 6.37. The molecule has 1 aliphatic heterocycles. The molecular formula is C29H18BrClF3NO6. The summed E-state index contributed by atoms with van der Waals surface area (Å²) in [6.45, 7) is 0. The number of ether oxygens (including phenoxy) is 1. The lowest BCUT2D eigenvalue weighted by molar-refractivity contribution is -0.274. The lowest BCUT2D eigenvalue weighted by atomic mass is 9.59. The van der Waals surface area contributed by atoms with Gasteiger partial charge < -0.3 is 9.84 Å². The van der Waals surface area contributed by atoms with Crippen molar-refractivity contribution in [1.82, 2.24) is 0 Å². The highest BCUT2D eigenvalue weighted by atomic mass is 79.9. The van der Waals surface area contributed by atoms with Crippen LogP contribution in [-0.2, 0) is 19.2 Å². The maximum Gasteiger partial charge on any atom is 0.573 e. The van der Waals surface area contributed by atoms with Crippen LogP contribution in [0.1, 0.15) is 24.3 Å². The topological polar surface area (TPSA) is 101 Å². The van der Waals surface area contributed by atoms with Crippen LogP contribution < -0.4 is 9.64 Å². The van der Waals surface area contributed by atoms with Crippen molar-refractivity contribution < 1.29 is 42.2 Å². The predicted molar refractivity (Wildman–Crippen MR) is 143 cm³/mol. The van der Waals surface area contributed by atoms with Gasteiger partial charge in [0.25, 0.3) is 0 Å². The maximum atomic E-state index is 13.8. The van der Waals surface area contributed by atoms with Gasteiger partial charge in [0.2, 0.25) is 11.8 Å². The lowest BCUT2D eigenvalue weighted by Crippen LogP contribution is -2.39. The summed E-state index contributed by atoms with van der Waals surface area (Å²) in [6, 6.07) is 9.10. The van der Waals surface area contributed by atoms with Crippen LogP contribution in [0.25, 0.3) is 0 Å². The van der Waals surface area contributed by atoms with Gasteiger partial charge in [0, 0.05) is 33.7 Å². The number of hydrogen-bond donors (Lipinski definition) is 1. The van der Waals surface area contributed by atoms with E-state index in [9.17, 15) is 37.5 Å². The van der Waals surface area contributed by atoms with Gasteiger partial charge in [-0.25, -0.2) is 0 Å². The smallest absolute Gasteiger partial charge is 0.508 e. The van der Waals surface area contributed by atoms with E-state index in [-0.39, 0.29) is 34.0 Å². The molecule has 3 aliphatic carbocycles. The summed E-state index contributed by atoms with van der Waals surface area (Å²) >= 11 is 9.09. The molecule has 1 heterocycles. The Morgan fingerprint density at radius 1 is 1.00 bits per heavy atom. The Morgan fingerprint density at radius 3 is 2.39 bits per heavy atom. The first-order valence-corrected chi connectivity index (χ1v) is 13.6. The van der Waals surface area contributed by atoms with Gasteiger partial charge in [-0.3, -0.25) is 24.1 Å². The first-order valence-electron chi connectivity index (χ1n) is 12.5. The van der Waals surface area contributed by atoms with E-state index in [1.807, 2.05) is 0 Å². The van der Waals surface area contributed by atoms with Crippen LogP contribution in [0.15, 0.2) is 75.8 Å². The predicted octanol–water partition coefficient (Wildman–Crippen LogP) is 5.91. The zero-order chi connectivity index (χ0) is 29.4. The molecule has 1 saturated heterocycles. The molecule has 6 rings (SSSR count). The third-order valence-electron chi connectivity index (χ3n) is 7.96. The van der Waals surface area contributed by atoms with Gasteiger partial charge in [-0.05, 0) is 77.2 Å². The number of aromatic hydroxyl groups is 1. The number of Topliss-reactive ketones (excluding diaryl/α,β-unsaturated/α-hetero) is 1. The van der Waals surface area contributed by atoms with E-state index in [0.717, 1.165) is 29.2 Å². The number of imide groups is 1. The van der Waals surface area contributed by atoms with Gasteiger partial charge in [0.1, 0.15) is 11.5 Å². The molecule has 0 radical (unpaired) electrons. The summed E-state index contributed by atoms with van der Waals surface area (Å²) in [5.41, 5.74) is 0.786. The molecular weight excluding hydrogens is 631 g/mol. The van der Waals surface area contributed by atoms with Crippen LogP contribution in [0.4, 0.5) is 18.9 Å². The van der Waals surface area contributed by atoms with Crippen molar-refractivity contribution in [2.45, 2.75) is 25.1 Å². The second kappa shape index (κ2) is 9.70. The monoisotopic (exact) mass is 647 g/mol. The first kappa shape index (κ1) is 27.5. The van der Waals surface area contributed by atoms with Crippen molar-refractivity contribution in [1.29, 1.82) is 0 Å². The van der Waals surface area contributed by atoms with Crippen molar-refractivity contribution in [3.05, 3.63) is 86.4 Å². The number of rotatable bonds is 3. The lowest BCUT2D eigenvalue weighted by Gasteiger charge is -2.42. The molecule has 0 saturated carbocycles. The van der Waals surface area contributed by atoms with Crippen LogP contribution in [0, 0.1) is 17.8 Å². The summed E-state index contributed by atoms with van der Waals surface area (Å²) in [6.07, 6.45) is -2.17. The third-order valence-corrected chi connectivity index (χ3v) is 8.80. The van der Waals surface area contributed by atoms with E-state index in [4.69, 9.17) is 11.6 Å². The number of hydrogen-bond acceptors (Lipinski definition) is 6. The molecule has 1 fully saturated rings. The van der Waals surface area contributed by atoms with Crippen molar-refractivity contribution in [3.63, 3.8) is 0 Å². The summed E-state index contributed by atoms with van der Waals surface area (Å²) < 4.78 is 43.2. The van der Waals surface area contributed by atoms with Crippen LogP contribution >= 0.6 is 27.5 Å². The Labute approximate surface area is 244 Å². The molecule has 0 spiro atoms. The Bertz CT molecular complexity index is 1640. The van der Waals surface area contributed by atoms with E-state index in [0.29, 0.717) is 16.3 Å². The summed E-state index contributed by atoms with van der Waals surface area (Å²) in [5, 5.41) is 11.2. The second-order valence-corrected chi connectivity index (χ2v) is 11.4. The zero-order valence-electron chi connectivity index (χ0n) is 20.7. The molecule has 41 heavy (non-hydrogen) atoms. The summed E-state index contributed by atoms with van der Waals surface area (Å²) in [4.78, 5) is 55.0. The van der Waals surface area contributed by atoms with Crippen molar-refractivity contribution in [2.24, 2.45) is 17.8 Å². The van der Waals surface area contributed by atoms with Gasteiger partial charge in [-0.15, -0.1) is 13.2 Å². The van der Waals surface area contributed by atoms with Gasteiger partial charge in [-0.1, -0.05) is 23.3 Å². The number of nitrogens with zero attached hydrogens (tertiary/aromatic N) is 1. The Kier molecular flexibility index (Phi) is 6.50. The molecule has 2 aromatic rings. The van der Waals surface area contributed by atoms with Crippen LogP contribution in [0.2, 0.25) is 5.02 Å². The quantitative estimate of drug-likeness (QED) is 0.252. The van der Waals surface area contributed by atoms with E-state index in [1.165, 1.54) is 0 Å². The SMILES string of the molecule is O=C1C=C(Br)C(=O)C2=C1C(c1cc(OC(F)(F)F)ccc1O)C1=CCC3C(=O)N(c4ccc(Cl)cc4)C(=O)C3C1C2. The van der Waals surface area contributed by atoms with Gasteiger partial charge in [-0.2, -0.15) is 0 Å². The summed E-state index contributed by atoms with van der Waals surface area (Å²) in [5.74, 6) is -6.60. The number of phenolic OH excluding ortho intramolecular Hbond substituents is 1. The van der Waals surface area contributed by atoms with Crippen LogP contribution in [0.5, 0.6) is 11.5 Å². The Morgan fingerprint density at radius 2 is 1.71 bits per heavy atom. The highest BCUT2D eigenvalue weighted by molar-refractivity contribution is 9.12. The normalized spacial score (nSPS) is 25.9. The van der Waals surface area contributed by atoms with Crippen molar-refractivity contribution in [2.75, 3.05) is 4.90 Å². The molecule has 4 atom stereocenters. The van der Waals surface area contributed by atoms with E-state index in [2.05, 4.69) is 20.7 Å². The zero-order valence-corrected chi connectivity index (χ0v) is 23.1. The van der Waals surface area contributed by atoms with Gasteiger partial charge in [0.05, 0.1) is 22.0 Å². The maximum absolute atomic E-state index is 13.8. The molecule has 4 unspecified atom stereocenters. The average Bonchev–Trinajstić information content (AvgIpc) is 3.17. The average molecular weight is 649 g/mol. The fourth-order valence-corrected chi connectivity index (χ4v) is 6.94. The minimum absolute atomic E-state index is 0.00457. The summed E-state index contributed by atoms with van der Waals surface area (Å²) in [7, 11) is 0. The Hall–Kier alpha value is -3.70. The third kappa shape index (κ3) is 4.51. The number of carbonyl (C=O) groups excluding carboxylic acids is 4. The molecule has 210 valence electrons. The number of alkyl halides is 3. The number of ketones is 2. The first-order chi connectivity index (χ1) is 19.4. The minimum atomic E-state index is -5.02. The molecule has 0 aromatic heterocycles. The highest BCUT2D eigenvalue weighted by Gasteiger charge is 2.57. The molecule has 0 bridgehead atoms. The molecule has 2 amide bonds. The highest BCUT2D eigenvalue weighted by Crippen LogP contribution is 2.57. The number of anilines is 1.